The number of nitrogens with zero attached hydrogens (tertiary/aromatic N) is 1. The van der Waals surface area contributed by atoms with E-state index in [4.69, 9.17) is 8.83 Å². The molecule has 9 aromatic carbocycles. The van der Waals surface area contributed by atoms with E-state index in [0.29, 0.717) is 0 Å². The van der Waals surface area contributed by atoms with Crippen LogP contribution in [0.1, 0.15) is 0 Å². The molecule has 0 aliphatic rings. The van der Waals surface area contributed by atoms with Crippen molar-refractivity contribution in [3.05, 3.63) is 200 Å². The summed E-state index contributed by atoms with van der Waals surface area (Å²) in [7, 11) is 0. The van der Waals surface area contributed by atoms with Gasteiger partial charge < -0.3 is 13.7 Å². The first kappa shape index (κ1) is 31.2. The van der Waals surface area contributed by atoms with E-state index in [2.05, 4.69) is 187 Å². The molecule has 0 saturated heterocycles. The van der Waals surface area contributed by atoms with Gasteiger partial charge in [-0.15, -0.1) is 0 Å². The zero-order chi connectivity index (χ0) is 36.3. The molecule has 0 aliphatic carbocycles. The van der Waals surface area contributed by atoms with Gasteiger partial charge >= 0.3 is 0 Å². The van der Waals surface area contributed by atoms with Gasteiger partial charge in [-0.25, -0.2) is 0 Å². The van der Waals surface area contributed by atoms with Crippen LogP contribution in [-0.2, 0) is 0 Å². The van der Waals surface area contributed by atoms with Crippen LogP contribution >= 0.6 is 0 Å². The predicted octanol–water partition coefficient (Wildman–Crippen LogP) is 15.1. The molecule has 0 atom stereocenters. The summed E-state index contributed by atoms with van der Waals surface area (Å²) in [6.45, 7) is 0. The zero-order valence-electron chi connectivity index (χ0n) is 29.8. The van der Waals surface area contributed by atoms with Gasteiger partial charge in [-0.05, 0) is 69.9 Å². The van der Waals surface area contributed by atoms with Gasteiger partial charge in [0.1, 0.15) is 22.3 Å². The summed E-state index contributed by atoms with van der Waals surface area (Å²) in [5.41, 5.74) is 13.3. The molecule has 55 heavy (non-hydrogen) atoms. The van der Waals surface area contributed by atoms with E-state index in [1.807, 2.05) is 18.2 Å². The second kappa shape index (κ2) is 12.6. The number of hydrogen-bond donors (Lipinski definition) is 0. The van der Waals surface area contributed by atoms with Crippen LogP contribution in [0.15, 0.2) is 209 Å². The Bertz CT molecular complexity index is 3220. The van der Waals surface area contributed by atoms with E-state index in [1.54, 1.807) is 0 Å². The fourth-order valence-corrected chi connectivity index (χ4v) is 8.44. The lowest BCUT2D eigenvalue weighted by molar-refractivity contribution is 0.669. The monoisotopic (exact) mass is 703 g/mol. The second-order valence-corrected chi connectivity index (χ2v) is 14.0. The van der Waals surface area contributed by atoms with Gasteiger partial charge in [-0.1, -0.05) is 158 Å². The molecular weight excluding hydrogens is 671 g/mol. The summed E-state index contributed by atoms with van der Waals surface area (Å²) in [6, 6.07) is 71.0. The van der Waals surface area contributed by atoms with Crippen LogP contribution in [0.5, 0.6) is 0 Å². The van der Waals surface area contributed by atoms with Crippen LogP contribution in [0.2, 0.25) is 0 Å². The number of furan rings is 2. The first-order valence-electron chi connectivity index (χ1n) is 18.7. The minimum atomic E-state index is 0.872. The predicted molar refractivity (Wildman–Crippen MR) is 229 cm³/mol. The molecule has 258 valence electrons. The Morgan fingerprint density at radius 1 is 0.345 bits per heavy atom. The van der Waals surface area contributed by atoms with Crippen molar-refractivity contribution >= 4 is 71.7 Å². The summed E-state index contributed by atoms with van der Waals surface area (Å²) in [5.74, 6) is 0. The maximum absolute atomic E-state index is 6.67. The van der Waals surface area contributed by atoms with Gasteiger partial charge in [-0.2, -0.15) is 0 Å². The molecule has 0 fully saturated rings. The molecule has 0 radical (unpaired) electrons. The Hall–Kier alpha value is -7.36. The average molecular weight is 704 g/mol. The maximum atomic E-state index is 6.67. The Kier molecular flexibility index (Phi) is 7.17. The fraction of sp³-hybridized carbons (Fsp3) is 0. The Morgan fingerprint density at radius 2 is 0.945 bits per heavy atom. The van der Waals surface area contributed by atoms with Crippen LogP contribution in [-0.4, -0.2) is 0 Å². The molecule has 2 heterocycles. The van der Waals surface area contributed by atoms with E-state index in [0.717, 1.165) is 94.3 Å². The molecule has 0 amide bonds. The number of para-hydroxylation sites is 4. The lowest BCUT2D eigenvalue weighted by Crippen LogP contribution is -2.13. The zero-order valence-corrected chi connectivity index (χ0v) is 29.8. The van der Waals surface area contributed by atoms with Crippen molar-refractivity contribution in [1.82, 2.24) is 0 Å². The smallest absolute Gasteiger partial charge is 0.143 e. The minimum Gasteiger partial charge on any atom is -0.456 e. The van der Waals surface area contributed by atoms with Crippen molar-refractivity contribution in [1.29, 1.82) is 0 Å². The van der Waals surface area contributed by atoms with Crippen LogP contribution in [0.4, 0.5) is 17.1 Å². The van der Waals surface area contributed by atoms with Gasteiger partial charge in [0.05, 0.1) is 11.4 Å². The van der Waals surface area contributed by atoms with Crippen molar-refractivity contribution in [3.8, 4) is 33.4 Å². The molecule has 3 heteroatoms. The number of fused-ring (bicyclic) bond motifs is 7. The maximum Gasteiger partial charge on any atom is 0.143 e. The molecule has 11 rings (SSSR count). The number of benzene rings is 9. The van der Waals surface area contributed by atoms with Crippen LogP contribution in [0, 0.1) is 0 Å². The average Bonchev–Trinajstić information content (AvgIpc) is 3.83. The summed E-state index contributed by atoms with van der Waals surface area (Å²) in [5, 5.41) is 6.81. The Balaban J connectivity index is 1.24. The van der Waals surface area contributed by atoms with Crippen molar-refractivity contribution in [2.24, 2.45) is 0 Å². The number of anilines is 3. The number of hydrogen-bond acceptors (Lipinski definition) is 3. The highest BCUT2D eigenvalue weighted by atomic mass is 16.3. The molecule has 0 aliphatic heterocycles. The second-order valence-electron chi connectivity index (χ2n) is 14.0. The molecule has 2 aromatic heterocycles. The standard InChI is InChI=1S/C52H33NO2/c1-2-16-35(17-3-1)50-41(43-25-12-24-42-39-20-7-10-28-47(39)55-52(42)43)22-13-27-46(50)53(37-32-31-34-15-4-5-18-36(34)33-37)45-26-9-6-19-38(45)40-23-14-30-49-51(40)44-21-8-11-29-48(44)54-49/h1-33H. The van der Waals surface area contributed by atoms with Crippen LogP contribution < -0.4 is 4.90 Å². The Morgan fingerprint density at radius 3 is 1.84 bits per heavy atom. The van der Waals surface area contributed by atoms with E-state index < -0.39 is 0 Å². The van der Waals surface area contributed by atoms with Gasteiger partial charge in [-0.3, -0.25) is 0 Å². The topological polar surface area (TPSA) is 29.5 Å². The van der Waals surface area contributed by atoms with E-state index >= 15 is 0 Å². The van der Waals surface area contributed by atoms with Gasteiger partial charge in [0.25, 0.3) is 0 Å². The SMILES string of the molecule is c1ccc(-c2c(-c3cccc4c3oc3ccccc34)cccc2N(c2ccc3ccccc3c2)c2ccccc2-c2cccc3oc4ccccc4c23)cc1. The van der Waals surface area contributed by atoms with Gasteiger partial charge in [0.15, 0.2) is 0 Å². The van der Waals surface area contributed by atoms with E-state index in [1.165, 1.54) is 10.8 Å². The quantitative estimate of drug-likeness (QED) is 0.173. The third-order valence-corrected chi connectivity index (χ3v) is 10.9. The molecule has 0 bridgehead atoms. The highest BCUT2D eigenvalue weighted by molar-refractivity contribution is 6.15. The highest BCUT2D eigenvalue weighted by Crippen LogP contribution is 2.50. The largest absolute Gasteiger partial charge is 0.456 e. The van der Waals surface area contributed by atoms with Crippen molar-refractivity contribution in [3.63, 3.8) is 0 Å². The summed E-state index contributed by atoms with van der Waals surface area (Å²) < 4.78 is 13.1. The highest BCUT2D eigenvalue weighted by Gasteiger charge is 2.25. The van der Waals surface area contributed by atoms with Crippen molar-refractivity contribution in [2.75, 3.05) is 4.90 Å². The third-order valence-electron chi connectivity index (χ3n) is 10.9. The molecular formula is C52H33NO2. The van der Waals surface area contributed by atoms with Crippen LogP contribution in [0.25, 0.3) is 88.0 Å². The molecule has 0 unspecified atom stereocenters. The number of rotatable bonds is 6. The lowest BCUT2D eigenvalue weighted by Gasteiger charge is -2.31. The first-order valence-corrected chi connectivity index (χ1v) is 18.7. The first-order chi connectivity index (χ1) is 27.3. The molecule has 3 nitrogen and oxygen atoms in total. The normalized spacial score (nSPS) is 11.6. The summed E-state index contributed by atoms with van der Waals surface area (Å²) in [6.07, 6.45) is 0. The molecule has 0 saturated carbocycles. The van der Waals surface area contributed by atoms with Gasteiger partial charge in [0.2, 0.25) is 0 Å². The lowest BCUT2D eigenvalue weighted by atomic mass is 9.90. The summed E-state index contributed by atoms with van der Waals surface area (Å²) >= 11 is 0. The van der Waals surface area contributed by atoms with E-state index in [-0.39, 0.29) is 0 Å². The van der Waals surface area contributed by atoms with E-state index in [9.17, 15) is 0 Å². The van der Waals surface area contributed by atoms with Gasteiger partial charge in [0, 0.05) is 43.9 Å². The molecule has 0 N–H and O–H groups in total. The molecule has 11 aromatic rings. The third kappa shape index (κ3) is 5.05. The summed E-state index contributed by atoms with van der Waals surface area (Å²) in [4.78, 5) is 2.44. The van der Waals surface area contributed by atoms with Crippen molar-refractivity contribution < 1.29 is 8.83 Å². The Labute approximate surface area is 317 Å². The fourth-order valence-electron chi connectivity index (χ4n) is 8.44. The van der Waals surface area contributed by atoms with Crippen LogP contribution in [0.3, 0.4) is 0 Å². The molecule has 0 spiro atoms. The minimum absolute atomic E-state index is 0.872. The van der Waals surface area contributed by atoms with Crippen molar-refractivity contribution in [2.45, 2.75) is 0 Å².